The first kappa shape index (κ1) is 15.9. The third kappa shape index (κ3) is 3.23. The number of rotatable bonds is 5. The van der Waals surface area contributed by atoms with Crippen LogP contribution in [0.3, 0.4) is 0 Å². The Morgan fingerprint density at radius 1 is 1.39 bits per heavy atom. The summed E-state index contributed by atoms with van der Waals surface area (Å²) in [6, 6.07) is 3.24. The molecular weight excluding hydrogens is 321 g/mol. The van der Waals surface area contributed by atoms with Crippen LogP contribution in [0.1, 0.15) is 25.5 Å². The van der Waals surface area contributed by atoms with Crippen LogP contribution < -0.4 is 5.32 Å². The molecule has 0 amide bonds. The van der Waals surface area contributed by atoms with Gasteiger partial charge in [0.1, 0.15) is 5.82 Å². The molecule has 1 rings (SSSR count). The quantitative estimate of drug-likeness (QED) is 0.814. The van der Waals surface area contributed by atoms with Crippen LogP contribution in [0.5, 0.6) is 0 Å². The van der Waals surface area contributed by atoms with E-state index in [2.05, 4.69) is 21.2 Å². The highest BCUT2D eigenvalue weighted by atomic mass is 79.9. The van der Waals surface area contributed by atoms with Gasteiger partial charge in [-0.25, -0.2) is 4.39 Å². The van der Waals surface area contributed by atoms with Gasteiger partial charge in [-0.05, 0) is 35.0 Å². The Hall–Kier alpha value is -0.160. The van der Waals surface area contributed by atoms with E-state index in [4.69, 9.17) is 16.3 Å². The summed E-state index contributed by atoms with van der Waals surface area (Å²) in [4.78, 5) is 0. The molecule has 0 aliphatic carbocycles. The lowest BCUT2D eigenvalue weighted by Gasteiger charge is -2.29. The van der Waals surface area contributed by atoms with Gasteiger partial charge in [-0.3, -0.25) is 0 Å². The molecule has 0 aromatic heterocycles. The topological polar surface area (TPSA) is 21.3 Å². The van der Waals surface area contributed by atoms with Crippen molar-refractivity contribution in [3.63, 3.8) is 0 Å². The Morgan fingerprint density at radius 3 is 2.44 bits per heavy atom. The van der Waals surface area contributed by atoms with Gasteiger partial charge in [0.15, 0.2) is 0 Å². The smallest absolute Gasteiger partial charge is 0.147 e. The average molecular weight is 339 g/mol. The lowest BCUT2D eigenvalue weighted by Crippen LogP contribution is -2.35. The Labute approximate surface area is 121 Å². The minimum absolute atomic E-state index is 0.103. The molecule has 2 unspecified atom stereocenters. The number of likely N-dealkylation sites (N-methyl/N-ethyl adjacent to an activating group) is 1. The first-order valence-electron chi connectivity index (χ1n) is 5.77. The summed E-state index contributed by atoms with van der Waals surface area (Å²) in [6.07, 6.45) is -0.123. The molecule has 102 valence electrons. The molecule has 2 atom stereocenters. The van der Waals surface area contributed by atoms with Crippen LogP contribution in [0.15, 0.2) is 16.6 Å². The van der Waals surface area contributed by atoms with Crippen molar-refractivity contribution < 1.29 is 9.13 Å². The second kappa shape index (κ2) is 6.85. The van der Waals surface area contributed by atoms with Crippen molar-refractivity contribution >= 4 is 27.5 Å². The number of hydrogen-bond donors (Lipinski definition) is 1. The van der Waals surface area contributed by atoms with Crippen molar-refractivity contribution in [2.24, 2.45) is 5.92 Å². The van der Waals surface area contributed by atoms with E-state index in [1.165, 1.54) is 0 Å². The largest absolute Gasteiger partial charge is 0.379 e. The second-order valence-electron chi connectivity index (χ2n) is 4.48. The number of nitrogens with one attached hydrogen (secondary N) is 1. The summed E-state index contributed by atoms with van der Waals surface area (Å²) in [5.74, 6) is -0.151. The van der Waals surface area contributed by atoms with Gasteiger partial charge in [0.25, 0.3) is 0 Å². The van der Waals surface area contributed by atoms with Crippen molar-refractivity contribution in [2.45, 2.75) is 26.0 Å². The molecule has 1 N–H and O–H groups in total. The number of hydrogen-bond acceptors (Lipinski definition) is 2. The van der Waals surface area contributed by atoms with E-state index in [-0.39, 0.29) is 23.1 Å². The van der Waals surface area contributed by atoms with E-state index in [0.717, 1.165) is 0 Å². The van der Waals surface area contributed by atoms with Crippen LogP contribution in [0.25, 0.3) is 0 Å². The third-order valence-electron chi connectivity index (χ3n) is 2.97. The van der Waals surface area contributed by atoms with Gasteiger partial charge in [0, 0.05) is 17.1 Å². The third-order valence-corrected chi connectivity index (χ3v) is 4.23. The van der Waals surface area contributed by atoms with E-state index < -0.39 is 5.82 Å². The monoisotopic (exact) mass is 337 g/mol. The zero-order valence-corrected chi connectivity index (χ0v) is 13.3. The van der Waals surface area contributed by atoms with Crippen LogP contribution in [0.4, 0.5) is 4.39 Å². The molecular formula is C13H18BrClFNO. The van der Waals surface area contributed by atoms with Crippen molar-refractivity contribution in [1.29, 1.82) is 0 Å². The zero-order valence-electron chi connectivity index (χ0n) is 10.9. The second-order valence-corrected chi connectivity index (χ2v) is 5.71. The zero-order chi connectivity index (χ0) is 13.9. The molecule has 1 aromatic carbocycles. The molecule has 0 heterocycles. The molecule has 1 aromatic rings. The molecule has 0 saturated heterocycles. The van der Waals surface area contributed by atoms with Gasteiger partial charge < -0.3 is 10.1 Å². The van der Waals surface area contributed by atoms with E-state index in [1.807, 2.05) is 13.8 Å². The number of ether oxygens (including phenoxy) is 1. The molecule has 0 saturated carbocycles. The lowest BCUT2D eigenvalue weighted by molar-refractivity contribution is 0.0338. The maximum atomic E-state index is 14.2. The van der Waals surface area contributed by atoms with Crippen molar-refractivity contribution in [3.05, 3.63) is 33.0 Å². The van der Waals surface area contributed by atoms with Crippen LogP contribution >= 0.6 is 27.5 Å². The molecule has 0 spiro atoms. The summed E-state index contributed by atoms with van der Waals surface area (Å²) in [7, 11) is 3.42. The predicted octanol–water partition coefficient (Wildman–Crippen LogP) is 4.17. The highest BCUT2D eigenvalue weighted by molar-refractivity contribution is 9.10. The van der Waals surface area contributed by atoms with Gasteiger partial charge in [-0.1, -0.05) is 31.5 Å². The highest BCUT2D eigenvalue weighted by Crippen LogP contribution is 2.33. The van der Waals surface area contributed by atoms with Crippen molar-refractivity contribution in [2.75, 3.05) is 14.2 Å². The van der Waals surface area contributed by atoms with Gasteiger partial charge >= 0.3 is 0 Å². The molecule has 0 aliphatic heterocycles. The number of halogens is 3. The summed E-state index contributed by atoms with van der Waals surface area (Å²) in [6.45, 7) is 4.08. The van der Waals surface area contributed by atoms with Crippen molar-refractivity contribution in [1.82, 2.24) is 5.32 Å². The number of methoxy groups -OCH3 is 1. The first-order valence-corrected chi connectivity index (χ1v) is 6.94. The van der Waals surface area contributed by atoms with Gasteiger partial charge in [0.05, 0.1) is 17.2 Å². The van der Waals surface area contributed by atoms with Crippen molar-refractivity contribution in [3.8, 4) is 0 Å². The molecule has 5 heteroatoms. The van der Waals surface area contributed by atoms with Crippen LogP contribution in [-0.2, 0) is 4.74 Å². The Balaban J connectivity index is 3.20. The molecule has 0 radical (unpaired) electrons. The van der Waals surface area contributed by atoms with E-state index >= 15 is 0 Å². The summed E-state index contributed by atoms with van der Waals surface area (Å²) in [5.41, 5.74) is 0.520. The molecule has 0 aliphatic rings. The van der Waals surface area contributed by atoms with Gasteiger partial charge in [-0.2, -0.15) is 0 Å². The maximum absolute atomic E-state index is 14.2. The minimum Gasteiger partial charge on any atom is -0.379 e. The fraction of sp³-hybridized carbons (Fsp3) is 0.538. The molecule has 2 nitrogen and oxygen atoms in total. The van der Waals surface area contributed by atoms with Gasteiger partial charge in [-0.15, -0.1) is 0 Å². The summed E-state index contributed by atoms with van der Waals surface area (Å²) in [5, 5.41) is 3.20. The Morgan fingerprint density at radius 2 is 2.00 bits per heavy atom. The van der Waals surface area contributed by atoms with E-state index in [1.54, 1.807) is 26.3 Å². The van der Waals surface area contributed by atoms with E-state index in [9.17, 15) is 4.39 Å². The normalized spacial score (nSPS) is 14.9. The first-order chi connectivity index (χ1) is 8.43. The fourth-order valence-corrected chi connectivity index (χ4v) is 2.55. The maximum Gasteiger partial charge on any atom is 0.147 e. The van der Waals surface area contributed by atoms with Crippen LogP contribution in [-0.4, -0.2) is 20.3 Å². The fourth-order valence-electron chi connectivity index (χ4n) is 2.07. The molecule has 0 bridgehead atoms. The minimum atomic E-state index is -0.409. The number of benzene rings is 1. The Bertz CT molecular complexity index is 414. The summed E-state index contributed by atoms with van der Waals surface area (Å²) >= 11 is 9.13. The molecule has 0 fully saturated rings. The lowest BCUT2D eigenvalue weighted by atomic mass is 9.93. The highest BCUT2D eigenvalue weighted by Gasteiger charge is 2.28. The Kier molecular flexibility index (Phi) is 6.05. The SMILES string of the molecule is CNC(c1ccc(Br)c(Cl)c1F)C(OC)C(C)C. The van der Waals surface area contributed by atoms with Gasteiger partial charge in [0.2, 0.25) is 0 Å². The predicted molar refractivity (Wildman–Crippen MR) is 76.5 cm³/mol. The average Bonchev–Trinajstić information content (AvgIpc) is 2.33. The van der Waals surface area contributed by atoms with E-state index in [0.29, 0.717) is 10.0 Å². The summed E-state index contributed by atoms with van der Waals surface area (Å²) < 4.78 is 20.2. The standard InChI is InChI=1S/C13H18BrClFNO/c1-7(2)13(18-4)12(17-3)8-5-6-9(14)10(15)11(8)16/h5-7,12-13,17H,1-4H3. The molecule has 18 heavy (non-hydrogen) atoms. The van der Waals surface area contributed by atoms with Crippen LogP contribution in [0.2, 0.25) is 5.02 Å². The van der Waals surface area contributed by atoms with Crippen LogP contribution in [0, 0.1) is 11.7 Å².